The third-order valence-electron chi connectivity index (χ3n) is 5.29. The van der Waals surface area contributed by atoms with Crippen LogP contribution in [0.4, 0.5) is 0 Å². The molecule has 1 aliphatic heterocycles. The molecule has 0 aromatic heterocycles. The van der Waals surface area contributed by atoms with Gasteiger partial charge >= 0.3 is 0 Å². The maximum absolute atomic E-state index is 11.6. The first kappa shape index (κ1) is 16.8. The summed E-state index contributed by atoms with van der Waals surface area (Å²) in [6.45, 7) is 2.20. The highest BCUT2D eigenvalue weighted by molar-refractivity contribution is 7.94. The minimum absolute atomic E-state index is 0.0549. The molecule has 3 nitrogen and oxygen atoms in total. The zero-order valence-electron chi connectivity index (χ0n) is 14.3. The molecule has 1 fully saturated rings. The van der Waals surface area contributed by atoms with E-state index < -0.39 is 9.84 Å². The van der Waals surface area contributed by atoms with Gasteiger partial charge in [-0.25, -0.2) is 8.42 Å². The van der Waals surface area contributed by atoms with Crippen LogP contribution in [-0.4, -0.2) is 14.7 Å². The predicted molar refractivity (Wildman–Crippen MR) is 104 cm³/mol. The number of allylic oxidation sites excluding steroid dienone is 6. The van der Waals surface area contributed by atoms with Crippen molar-refractivity contribution in [3.05, 3.63) is 76.1 Å². The Kier molecular flexibility index (Phi) is 4.01. The summed E-state index contributed by atoms with van der Waals surface area (Å²) in [5.74, 6) is 1.50. The Bertz CT molecular complexity index is 949. The Balaban J connectivity index is 1.60. The molecular weight excluding hydrogens is 351 g/mol. The van der Waals surface area contributed by atoms with E-state index in [9.17, 15) is 8.42 Å². The second kappa shape index (κ2) is 5.96. The molecule has 2 aliphatic carbocycles. The summed E-state index contributed by atoms with van der Waals surface area (Å²) in [5, 5.41) is 1.25. The largest absolute Gasteiger partial charge is 0.453 e. The van der Waals surface area contributed by atoms with Gasteiger partial charge in [-0.3, -0.25) is 0 Å². The molecule has 0 N–H and O–H groups in total. The summed E-state index contributed by atoms with van der Waals surface area (Å²) in [5.41, 5.74) is 5.14. The quantitative estimate of drug-likeness (QED) is 0.762. The van der Waals surface area contributed by atoms with E-state index in [4.69, 9.17) is 4.74 Å². The molecule has 25 heavy (non-hydrogen) atoms. The maximum Gasteiger partial charge on any atom is 0.213 e. The number of ether oxygens (including phenoxy) is 1. The standard InChI is InChI=1S/C20H21O3PS/c1-12-3-9-16(14-6-10-17(23-11-14)25(2,21)22)20-18(12)19(20)13-4-7-15(24)8-5-13/h3-5,7-11,18-20H,6,24H2,1-2H3/t18?,19?,20-/m0/s1. The lowest BCUT2D eigenvalue weighted by molar-refractivity contribution is 0.364. The Morgan fingerprint density at radius 2 is 1.80 bits per heavy atom. The highest BCUT2D eigenvalue weighted by atomic mass is 32.2. The van der Waals surface area contributed by atoms with Crippen LogP contribution < -0.4 is 5.30 Å². The van der Waals surface area contributed by atoms with Crippen LogP contribution in [0.15, 0.2) is 70.6 Å². The van der Waals surface area contributed by atoms with Crippen molar-refractivity contribution >= 4 is 24.4 Å². The summed E-state index contributed by atoms with van der Waals surface area (Å²) in [6, 6.07) is 8.70. The molecule has 1 saturated carbocycles. The lowest BCUT2D eigenvalue weighted by Gasteiger charge is -2.18. The third kappa shape index (κ3) is 3.02. The molecule has 0 spiro atoms. The van der Waals surface area contributed by atoms with Crippen LogP contribution in [0, 0.1) is 11.8 Å². The van der Waals surface area contributed by atoms with E-state index in [1.807, 2.05) is 0 Å². The van der Waals surface area contributed by atoms with Crippen LogP contribution >= 0.6 is 9.24 Å². The first-order valence-electron chi connectivity index (χ1n) is 8.36. The first-order valence-corrected chi connectivity index (χ1v) is 10.8. The summed E-state index contributed by atoms with van der Waals surface area (Å²) < 4.78 is 28.6. The molecule has 0 amide bonds. The Labute approximate surface area is 151 Å². The van der Waals surface area contributed by atoms with Crippen LogP contribution in [-0.2, 0) is 14.6 Å². The topological polar surface area (TPSA) is 43.4 Å². The van der Waals surface area contributed by atoms with Crippen molar-refractivity contribution in [3.63, 3.8) is 0 Å². The summed E-state index contributed by atoms with van der Waals surface area (Å²) in [6.07, 6.45) is 9.43. The van der Waals surface area contributed by atoms with E-state index in [2.05, 4.69) is 52.6 Å². The van der Waals surface area contributed by atoms with Gasteiger partial charge in [0.1, 0.15) is 0 Å². The number of rotatable bonds is 3. The van der Waals surface area contributed by atoms with Crippen LogP contribution in [0.3, 0.4) is 0 Å². The average Bonchev–Trinajstić information content (AvgIpc) is 3.32. The molecule has 1 heterocycles. The zero-order chi connectivity index (χ0) is 17.8. The SMILES string of the molecule is CC1=CC=C(C2=COC(S(C)(=O)=O)=CC2)[C@H]2C1C2c1ccc(P)cc1. The van der Waals surface area contributed by atoms with Crippen molar-refractivity contribution in [2.24, 2.45) is 11.8 Å². The number of benzene rings is 1. The molecule has 130 valence electrons. The fraction of sp³-hybridized carbons (Fsp3) is 0.300. The van der Waals surface area contributed by atoms with Gasteiger partial charge in [-0.1, -0.05) is 42.0 Å². The van der Waals surface area contributed by atoms with Gasteiger partial charge in [0.2, 0.25) is 14.9 Å². The molecule has 0 radical (unpaired) electrons. The van der Waals surface area contributed by atoms with Crippen molar-refractivity contribution in [1.29, 1.82) is 0 Å². The van der Waals surface area contributed by atoms with Crippen molar-refractivity contribution in [2.75, 3.05) is 6.26 Å². The molecule has 3 unspecified atom stereocenters. The third-order valence-corrected chi connectivity index (χ3v) is 6.67. The minimum atomic E-state index is -3.29. The maximum atomic E-state index is 11.6. The summed E-state index contributed by atoms with van der Waals surface area (Å²) >= 11 is 0. The van der Waals surface area contributed by atoms with E-state index in [1.165, 1.54) is 28.3 Å². The Morgan fingerprint density at radius 1 is 1.08 bits per heavy atom. The Morgan fingerprint density at radius 3 is 2.40 bits per heavy atom. The van der Waals surface area contributed by atoms with Gasteiger partial charge in [-0.05, 0) is 59.2 Å². The summed E-state index contributed by atoms with van der Waals surface area (Å²) in [7, 11) is -0.565. The van der Waals surface area contributed by atoms with Crippen LogP contribution in [0.25, 0.3) is 0 Å². The van der Waals surface area contributed by atoms with E-state index in [-0.39, 0.29) is 5.09 Å². The second-order valence-corrected chi connectivity index (χ2v) is 9.65. The molecule has 3 aliphatic rings. The van der Waals surface area contributed by atoms with Crippen molar-refractivity contribution in [2.45, 2.75) is 19.3 Å². The molecule has 4 rings (SSSR count). The Hall–Kier alpha value is -1.64. The highest BCUT2D eigenvalue weighted by Crippen LogP contribution is 2.64. The fourth-order valence-corrected chi connectivity index (χ4v) is 4.81. The van der Waals surface area contributed by atoms with Crippen LogP contribution in [0.1, 0.15) is 24.8 Å². The second-order valence-electron chi connectivity index (χ2n) is 7.04. The minimum Gasteiger partial charge on any atom is -0.453 e. The van der Waals surface area contributed by atoms with Gasteiger partial charge in [-0.2, -0.15) is 0 Å². The monoisotopic (exact) mass is 372 g/mol. The van der Waals surface area contributed by atoms with E-state index >= 15 is 0 Å². The van der Waals surface area contributed by atoms with E-state index in [0.29, 0.717) is 24.2 Å². The van der Waals surface area contributed by atoms with Gasteiger partial charge in [0.15, 0.2) is 0 Å². The number of hydrogen-bond donors (Lipinski definition) is 0. The molecule has 1 aromatic carbocycles. The van der Waals surface area contributed by atoms with Crippen LogP contribution in [0.5, 0.6) is 0 Å². The molecule has 4 atom stereocenters. The van der Waals surface area contributed by atoms with Crippen molar-refractivity contribution < 1.29 is 13.2 Å². The number of fused-ring (bicyclic) bond motifs is 1. The normalized spacial score (nSPS) is 28.0. The van der Waals surface area contributed by atoms with Crippen molar-refractivity contribution in [1.82, 2.24) is 0 Å². The van der Waals surface area contributed by atoms with Gasteiger partial charge < -0.3 is 4.74 Å². The van der Waals surface area contributed by atoms with E-state index in [1.54, 1.807) is 12.3 Å². The zero-order valence-corrected chi connectivity index (χ0v) is 16.2. The molecular formula is C20H21O3PS. The lowest BCUT2D eigenvalue weighted by Crippen LogP contribution is -2.08. The fourth-order valence-electron chi connectivity index (χ4n) is 4.01. The number of sulfone groups is 1. The lowest BCUT2D eigenvalue weighted by atomic mass is 9.92. The molecule has 0 saturated heterocycles. The smallest absolute Gasteiger partial charge is 0.213 e. The van der Waals surface area contributed by atoms with Crippen molar-refractivity contribution in [3.8, 4) is 0 Å². The van der Waals surface area contributed by atoms with Gasteiger partial charge in [-0.15, -0.1) is 9.24 Å². The average molecular weight is 372 g/mol. The highest BCUT2D eigenvalue weighted by Gasteiger charge is 2.54. The molecule has 1 aromatic rings. The summed E-state index contributed by atoms with van der Waals surface area (Å²) in [4.78, 5) is 0. The number of hydrogen-bond acceptors (Lipinski definition) is 3. The first-order chi connectivity index (χ1) is 11.9. The van der Waals surface area contributed by atoms with Gasteiger partial charge in [0.25, 0.3) is 0 Å². The molecule has 0 bridgehead atoms. The van der Waals surface area contributed by atoms with E-state index in [0.717, 1.165) is 5.57 Å². The van der Waals surface area contributed by atoms with Gasteiger partial charge in [0.05, 0.1) is 6.26 Å². The molecule has 5 heteroatoms. The van der Waals surface area contributed by atoms with Crippen LogP contribution in [0.2, 0.25) is 0 Å². The predicted octanol–water partition coefficient (Wildman–Crippen LogP) is 3.59. The van der Waals surface area contributed by atoms with Gasteiger partial charge in [0, 0.05) is 6.26 Å².